The van der Waals surface area contributed by atoms with Crippen LogP contribution in [0.15, 0.2) is 24.5 Å². The van der Waals surface area contributed by atoms with Crippen molar-refractivity contribution in [3.63, 3.8) is 0 Å². The molecule has 0 saturated heterocycles. The second-order valence-electron chi connectivity index (χ2n) is 1.55. The van der Waals surface area contributed by atoms with E-state index >= 15 is 0 Å². The van der Waals surface area contributed by atoms with Gasteiger partial charge in [-0.15, -0.1) is 0 Å². The van der Waals surface area contributed by atoms with E-state index in [0.717, 1.165) is 10.2 Å². The smallest absolute Gasteiger partial charge is 0.0670 e. The number of nitrogens with zero attached hydrogens (tertiary/aromatic N) is 1. The van der Waals surface area contributed by atoms with Gasteiger partial charge in [-0.1, -0.05) is 22.6 Å². The lowest BCUT2D eigenvalue weighted by molar-refractivity contribution is 1.32. The van der Waals surface area contributed by atoms with Gasteiger partial charge in [-0.05, 0) is 12.1 Å². The maximum atomic E-state index is 3.89. The molecule has 1 heterocycles. The van der Waals surface area contributed by atoms with E-state index in [4.69, 9.17) is 0 Å². The molecule has 0 radical (unpaired) electrons. The first-order valence-corrected chi connectivity index (χ1v) is 4.16. The van der Waals surface area contributed by atoms with Crippen LogP contribution in [-0.2, 0) is 0 Å². The van der Waals surface area contributed by atoms with E-state index in [-0.39, 0.29) is 0 Å². The average molecular weight is 234 g/mol. The number of rotatable bonds is 2. The van der Waals surface area contributed by atoms with Gasteiger partial charge in [-0.25, -0.2) is 0 Å². The summed E-state index contributed by atoms with van der Waals surface area (Å²) in [6.07, 6.45) is 3.54. The molecule has 48 valence electrons. The number of anilines is 1. The van der Waals surface area contributed by atoms with Crippen molar-refractivity contribution in [2.75, 3.05) is 9.87 Å². The molecule has 3 heteroatoms. The summed E-state index contributed by atoms with van der Waals surface area (Å²) in [7, 11) is 0. The monoisotopic (exact) mass is 234 g/mol. The summed E-state index contributed by atoms with van der Waals surface area (Å²) in [5.41, 5.74) is 1.12. The van der Waals surface area contributed by atoms with Crippen molar-refractivity contribution >= 4 is 28.3 Å². The SMILES string of the molecule is ICNc1ccncc1. The maximum Gasteiger partial charge on any atom is 0.0670 e. The van der Waals surface area contributed by atoms with Gasteiger partial charge in [0, 0.05) is 18.1 Å². The normalized spacial score (nSPS) is 9.00. The molecule has 1 rings (SSSR count). The minimum Gasteiger partial charge on any atom is -0.376 e. The third-order valence-corrected chi connectivity index (χ3v) is 1.33. The van der Waals surface area contributed by atoms with Crippen LogP contribution in [0.2, 0.25) is 0 Å². The van der Waals surface area contributed by atoms with Gasteiger partial charge in [-0.3, -0.25) is 4.98 Å². The largest absolute Gasteiger partial charge is 0.376 e. The predicted octanol–water partition coefficient (Wildman–Crippen LogP) is 1.89. The average Bonchev–Trinajstić information content (AvgIpc) is 1.91. The Morgan fingerprint density at radius 3 is 2.67 bits per heavy atom. The Morgan fingerprint density at radius 1 is 1.44 bits per heavy atom. The van der Waals surface area contributed by atoms with Gasteiger partial charge < -0.3 is 5.32 Å². The molecule has 1 aromatic rings. The Morgan fingerprint density at radius 2 is 2.11 bits per heavy atom. The fraction of sp³-hybridized carbons (Fsp3) is 0.167. The fourth-order valence-electron chi connectivity index (χ4n) is 0.547. The van der Waals surface area contributed by atoms with E-state index in [1.54, 1.807) is 12.4 Å². The Bertz CT molecular complexity index is 164. The van der Waals surface area contributed by atoms with Crippen LogP contribution in [0, 0.1) is 0 Å². The molecular formula is C6H7IN2. The van der Waals surface area contributed by atoms with Crippen LogP contribution >= 0.6 is 22.6 Å². The van der Waals surface area contributed by atoms with Crippen molar-refractivity contribution in [1.29, 1.82) is 0 Å². The summed E-state index contributed by atoms with van der Waals surface area (Å²) < 4.78 is 0.932. The molecule has 1 aromatic heterocycles. The van der Waals surface area contributed by atoms with Gasteiger partial charge in [0.15, 0.2) is 0 Å². The van der Waals surface area contributed by atoms with E-state index in [0.29, 0.717) is 0 Å². The zero-order chi connectivity index (χ0) is 6.53. The van der Waals surface area contributed by atoms with E-state index < -0.39 is 0 Å². The Labute approximate surface area is 67.8 Å². The number of nitrogens with one attached hydrogen (secondary N) is 1. The van der Waals surface area contributed by atoms with Crippen LogP contribution in [0.1, 0.15) is 0 Å². The molecule has 0 unspecified atom stereocenters. The summed E-state index contributed by atoms with van der Waals surface area (Å²) in [4.78, 5) is 3.89. The second kappa shape index (κ2) is 3.66. The quantitative estimate of drug-likeness (QED) is 0.480. The third kappa shape index (κ3) is 2.17. The number of alkyl halides is 1. The number of hydrogen-bond acceptors (Lipinski definition) is 2. The first kappa shape index (κ1) is 6.80. The van der Waals surface area contributed by atoms with Gasteiger partial charge >= 0.3 is 0 Å². The third-order valence-electron chi connectivity index (χ3n) is 0.951. The number of aromatic nitrogens is 1. The van der Waals surface area contributed by atoms with Crippen molar-refractivity contribution in [2.24, 2.45) is 0 Å². The molecule has 0 amide bonds. The molecule has 0 atom stereocenters. The number of hydrogen-bond donors (Lipinski definition) is 1. The van der Waals surface area contributed by atoms with Crippen molar-refractivity contribution in [2.45, 2.75) is 0 Å². The lowest BCUT2D eigenvalue weighted by Crippen LogP contribution is -1.92. The van der Waals surface area contributed by atoms with Crippen molar-refractivity contribution < 1.29 is 0 Å². The highest BCUT2D eigenvalue weighted by Gasteiger charge is 1.83. The van der Waals surface area contributed by atoms with Gasteiger partial charge in [0.1, 0.15) is 0 Å². The lowest BCUT2D eigenvalue weighted by atomic mass is 10.4. The highest BCUT2D eigenvalue weighted by molar-refractivity contribution is 14.1. The standard InChI is InChI=1S/C6H7IN2/c7-5-9-6-1-3-8-4-2-6/h1-4H,5H2,(H,8,9). The highest BCUT2D eigenvalue weighted by atomic mass is 127. The number of pyridine rings is 1. The van der Waals surface area contributed by atoms with Crippen molar-refractivity contribution in [1.82, 2.24) is 4.98 Å². The molecule has 2 nitrogen and oxygen atoms in total. The van der Waals surface area contributed by atoms with Crippen LogP contribution in [0.4, 0.5) is 5.69 Å². The molecule has 0 aliphatic carbocycles. The van der Waals surface area contributed by atoms with Crippen molar-refractivity contribution in [3.05, 3.63) is 24.5 Å². The molecule has 0 saturated carbocycles. The fourth-order valence-corrected chi connectivity index (χ4v) is 0.987. The maximum absolute atomic E-state index is 3.89. The molecular weight excluding hydrogens is 227 g/mol. The van der Waals surface area contributed by atoms with Gasteiger partial charge in [0.2, 0.25) is 0 Å². The van der Waals surface area contributed by atoms with Crippen molar-refractivity contribution in [3.8, 4) is 0 Å². The zero-order valence-corrected chi connectivity index (χ0v) is 7.00. The highest BCUT2D eigenvalue weighted by Crippen LogP contribution is 2.02. The second-order valence-corrected chi connectivity index (χ2v) is 2.31. The van der Waals surface area contributed by atoms with Gasteiger partial charge in [-0.2, -0.15) is 0 Å². The Hall–Kier alpha value is -0.320. The Balaban J connectivity index is 2.61. The minimum absolute atomic E-state index is 0.932. The van der Waals surface area contributed by atoms with E-state index in [2.05, 4.69) is 32.9 Å². The van der Waals surface area contributed by atoms with Gasteiger partial charge in [0.25, 0.3) is 0 Å². The van der Waals surface area contributed by atoms with Crippen LogP contribution in [0.3, 0.4) is 0 Å². The van der Waals surface area contributed by atoms with E-state index in [9.17, 15) is 0 Å². The first-order valence-electron chi connectivity index (χ1n) is 2.63. The lowest BCUT2D eigenvalue weighted by Gasteiger charge is -1.97. The van der Waals surface area contributed by atoms with E-state index in [1.165, 1.54) is 0 Å². The first-order chi connectivity index (χ1) is 4.43. The molecule has 0 aliphatic heterocycles. The summed E-state index contributed by atoms with van der Waals surface area (Å²) in [6, 6.07) is 3.89. The molecule has 0 bridgehead atoms. The van der Waals surface area contributed by atoms with Gasteiger partial charge in [0.05, 0.1) is 4.55 Å². The Kier molecular flexibility index (Phi) is 2.76. The summed E-state index contributed by atoms with van der Waals surface area (Å²) in [5.74, 6) is 0. The topological polar surface area (TPSA) is 24.9 Å². The minimum atomic E-state index is 0.932. The summed E-state index contributed by atoms with van der Waals surface area (Å²) in [6.45, 7) is 0. The predicted molar refractivity (Wildman–Crippen MR) is 46.7 cm³/mol. The van der Waals surface area contributed by atoms with Crippen LogP contribution in [-0.4, -0.2) is 9.54 Å². The molecule has 0 aliphatic rings. The molecule has 1 N–H and O–H groups in total. The zero-order valence-electron chi connectivity index (χ0n) is 4.84. The molecule has 0 fully saturated rings. The summed E-state index contributed by atoms with van der Waals surface area (Å²) >= 11 is 2.26. The van der Waals surface area contributed by atoms with E-state index in [1.807, 2.05) is 12.1 Å². The molecule has 0 spiro atoms. The molecule has 0 aromatic carbocycles. The van der Waals surface area contributed by atoms with Crippen LogP contribution in [0.5, 0.6) is 0 Å². The molecule has 9 heavy (non-hydrogen) atoms. The summed E-state index contributed by atoms with van der Waals surface area (Å²) in [5, 5.41) is 3.15. The number of halogens is 1. The van der Waals surface area contributed by atoms with Crippen LogP contribution in [0.25, 0.3) is 0 Å². The van der Waals surface area contributed by atoms with Crippen LogP contribution < -0.4 is 5.32 Å².